The third kappa shape index (κ3) is 2.95. The van der Waals surface area contributed by atoms with Crippen molar-refractivity contribution < 1.29 is 0 Å². The molecular weight excluding hydrogens is 346 g/mol. The number of thiophene rings is 1. The highest BCUT2D eigenvalue weighted by Crippen LogP contribution is 2.31. The predicted molar refractivity (Wildman–Crippen MR) is 93.8 cm³/mol. The maximum absolute atomic E-state index is 5.91. The van der Waals surface area contributed by atoms with Gasteiger partial charge >= 0.3 is 0 Å². The van der Waals surface area contributed by atoms with Gasteiger partial charge in [0.2, 0.25) is 0 Å². The first-order valence-corrected chi connectivity index (χ1v) is 8.37. The summed E-state index contributed by atoms with van der Waals surface area (Å²) in [7, 11) is 2.11. The molecule has 3 aromatic rings. The molecule has 0 unspecified atom stereocenters. The van der Waals surface area contributed by atoms with Crippen LogP contribution in [-0.4, -0.2) is 12.0 Å². The van der Waals surface area contributed by atoms with Crippen molar-refractivity contribution in [2.45, 2.75) is 13.1 Å². The van der Waals surface area contributed by atoms with Gasteiger partial charge in [0.25, 0.3) is 0 Å². The van der Waals surface area contributed by atoms with Gasteiger partial charge in [0.05, 0.1) is 17.7 Å². The zero-order chi connectivity index (χ0) is 14.8. The molecule has 3 rings (SSSR count). The maximum Gasteiger partial charge on any atom is 0.0723 e. The molecular formula is C16H16BrN3S. The molecule has 2 aromatic heterocycles. The van der Waals surface area contributed by atoms with Crippen LogP contribution in [0.25, 0.3) is 10.9 Å². The number of rotatable bonds is 4. The number of fused-ring (bicyclic) bond motifs is 1. The summed E-state index contributed by atoms with van der Waals surface area (Å²) < 4.78 is 1.13. The first kappa shape index (κ1) is 14.5. The number of benzene rings is 1. The van der Waals surface area contributed by atoms with E-state index in [9.17, 15) is 0 Å². The summed E-state index contributed by atoms with van der Waals surface area (Å²) in [6.07, 6.45) is 1.89. The van der Waals surface area contributed by atoms with Gasteiger partial charge in [-0.15, -0.1) is 11.3 Å². The first-order valence-electron chi connectivity index (χ1n) is 6.70. The molecule has 1 aromatic carbocycles. The number of aromatic nitrogens is 1. The van der Waals surface area contributed by atoms with Crippen LogP contribution in [0.5, 0.6) is 0 Å². The highest BCUT2D eigenvalue weighted by Gasteiger charge is 2.13. The largest absolute Gasteiger partial charge is 0.369 e. The predicted octanol–water partition coefficient (Wildman–Crippen LogP) is 4.15. The van der Waals surface area contributed by atoms with Crippen LogP contribution in [0.2, 0.25) is 0 Å². The summed E-state index contributed by atoms with van der Waals surface area (Å²) in [6, 6.07) is 10.4. The fourth-order valence-electron chi connectivity index (χ4n) is 2.52. The van der Waals surface area contributed by atoms with Gasteiger partial charge in [-0.2, -0.15) is 0 Å². The summed E-state index contributed by atoms with van der Waals surface area (Å²) in [6.45, 7) is 1.35. The van der Waals surface area contributed by atoms with Gasteiger partial charge in [-0.05, 0) is 28.1 Å². The molecule has 0 radical (unpaired) electrons. The third-order valence-electron chi connectivity index (χ3n) is 3.44. The van der Waals surface area contributed by atoms with Gasteiger partial charge in [0.1, 0.15) is 0 Å². The molecule has 0 atom stereocenters. The summed E-state index contributed by atoms with van der Waals surface area (Å²) in [4.78, 5) is 8.06. The molecule has 0 saturated heterocycles. The Morgan fingerprint density at radius 3 is 2.86 bits per heavy atom. The van der Waals surface area contributed by atoms with E-state index in [0.717, 1.165) is 27.5 Å². The minimum Gasteiger partial charge on any atom is -0.369 e. The third-order valence-corrected chi connectivity index (χ3v) is 5.12. The molecule has 21 heavy (non-hydrogen) atoms. The highest BCUT2D eigenvalue weighted by molar-refractivity contribution is 9.10. The number of hydrogen-bond acceptors (Lipinski definition) is 4. The Balaban J connectivity index is 2.04. The number of para-hydroxylation sites is 1. The molecule has 5 heteroatoms. The Hall–Kier alpha value is -1.43. The Kier molecular flexibility index (Phi) is 4.24. The molecule has 0 aliphatic heterocycles. The molecule has 2 N–H and O–H groups in total. The number of nitrogens with two attached hydrogens (primary N) is 1. The molecule has 0 aliphatic carbocycles. The van der Waals surface area contributed by atoms with Gasteiger partial charge in [0.15, 0.2) is 0 Å². The van der Waals surface area contributed by atoms with Gasteiger partial charge in [-0.3, -0.25) is 4.98 Å². The lowest BCUT2D eigenvalue weighted by Crippen LogP contribution is -2.19. The summed E-state index contributed by atoms with van der Waals surface area (Å²) in [5.74, 6) is 0. The SMILES string of the molecule is CN(Cc1cc(Br)cs1)c1c(CN)cnc2ccccc12. The van der Waals surface area contributed by atoms with Crippen molar-refractivity contribution in [3.05, 3.63) is 56.8 Å². The van der Waals surface area contributed by atoms with Crippen LogP contribution >= 0.6 is 27.3 Å². The normalized spacial score (nSPS) is 11.0. The average Bonchev–Trinajstić information content (AvgIpc) is 2.90. The van der Waals surface area contributed by atoms with Crippen LogP contribution in [0.1, 0.15) is 10.4 Å². The van der Waals surface area contributed by atoms with E-state index >= 15 is 0 Å². The van der Waals surface area contributed by atoms with Crippen molar-refractivity contribution in [2.75, 3.05) is 11.9 Å². The van der Waals surface area contributed by atoms with Crippen molar-refractivity contribution >= 4 is 43.9 Å². The maximum atomic E-state index is 5.91. The second kappa shape index (κ2) is 6.13. The molecule has 0 amide bonds. The van der Waals surface area contributed by atoms with Crippen LogP contribution in [0.4, 0.5) is 5.69 Å². The zero-order valence-corrected chi connectivity index (χ0v) is 14.1. The van der Waals surface area contributed by atoms with Gasteiger partial charge < -0.3 is 10.6 Å². The Bertz CT molecular complexity index is 769. The molecule has 0 aliphatic rings. The molecule has 2 heterocycles. The average molecular weight is 362 g/mol. The van der Waals surface area contributed by atoms with Gasteiger partial charge in [-0.25, -0.2) is 0 Å². The van der Waals surface area contributed by atoms with Gasteiger partial charge in [0, 0.05) is 45.5 Å². The molecule has 0 fully saturated rings. The molecule has 3 nitrogen and oxygen atoms in total. The van der Waals surface area contributed by atoms with Crippen molar-refractivity contribution in [3.63, 3.8) is 0 Å². The summed E-state index contributed by atoms with van der Waals surface area (Å²) >= 11 is 5.26. The molecule has 0 saturated carbocycles. The minimum absolute atomic E-state index is 0.492. The van der Waals surface area contributed by atoms with E-state index in [1.807, 2.05) is 24.4 Å². The van der Waals surface area contributed by atoms with E-state index in [4.69, 9.17) is 5.73 Å². The van der Waals surface area contributed by atoms with E-state index in [-0.39, 0.29) is 0 Å². The number of halogens is 1. The van der Waals surface area contributed by atoms with E-state index < -0.39 is 0 Å². The van der Waals surface area contributed by atoms with Crippen LogP contribution in [-0.2, 0) is 13.1 Å². The molecule has 0 bridgehead atoms. The number of anilines is 1. The van der Waals surface area contributed by atoms with Crippen molar-refractivity contribution in [2.24, 2.45) is 5.73 Å². The number of pyridine rings is 1. The second-order valence-corrected chi connectivity index (χ2v) is 6.85. The van der Waals surface area contributed by atoms with Crippen LogP contribution in [0.3, 0.4) is 0 Å². The van der Waals surface area contributed by atoms with E-state index in [2.05, 4.69) is 50.4 Å². The van der Waals surface area contributed by atoms with Gasteiger partial charge in [-0.1, -0.05) is 18.2 Å². The lowest BCUT2D eigenvalue weighted by molar-refractivity contribution is 0.920. The van der Waals surface area contributed by atoms with E-state index in [1.165, 1.54) is 10.6 Å². The Labute approximate surface area is 136 Å². The van der Waals surface area contributed by atoms with Crippen molar-refractivity contribution in [3.8, 4) is 0 Å². The Morgan fingerprint density at radius 2 is 2.14 bits per heavy atom. The van der Waals surface area contributed by atoms with Crippen molar-refractivity contribution in [1.29, 1.82) is 0 Å². The Morgan fingerprint density at radius 1 is 1.33 bits per heavy atom. The summed E-state index contributed by atoms with van der Waals surface area (Å²) in [5.41, 5.74) is 9.16. The topological polar surface area (TPSA) is 42.1 Å². The second-order valence-electron chi connectivity index (χ2n) is 4.94. The fraction of sp³-hybridized carbons (Fsp3) is 0.188. The highest BCUT2D eigenvalue weighted by atomic mass is 79.9. The molecule has 0 spiro atoms. The lowest BCUT2D eigenvalue weighted by Gasteiger charge is -2.23. The first-order chi connectivity index (χ1) is 10.2. The minimum atomic E-state index is 0.492. The molecule has 108 valence electrons. The van der Waals surface area contributed by atoms with E-state index in [0.29, 0.717) is 6.54 Å². The number of nitrogens with zero attached hydrogens (tertiary/aromatic N) is 2. The van der Waals surface area contributed by atoms with Crippen LogP contribution in [0.15, 0.2) is 46.4 Å². The van der Waals surface area contributed by atoms with Crippen LogP contribution < -0.4 is 10.6 Å². The van der Waals surface area contributed by atoms with Crippen LogP contribution in [0, 0.1) is 0 Å². The monoisotopic (exact) mass is 361 g/mol. The standard InChI is InChI=1S/C16H16BrN3S/c1-20(9-13-6-12(17)10-21-13)16-11(7-18)8-19-15-5-3-2-4-14(15)16/h2-6,8,10H,7,9,18H2,1H3. The zero-order valence-electron chi connectivity index (χ0n) is 11.7. The van der Waals surface area contributed by atoms with Crippen molar-refractivity contribution in [1.82, 2.24) is 4.98 Å². The van der Waals surface area contributed by atoms with E-state index in [1.54, 1.807) is 11.3 Å². The lowest BCUT2D eigenvalue weighted by atomic mass is 10.1. The quantitative estimate of drug-likeness (QED) is 0.758. The fourth-order valence-corrected chi connectivity index (χ4v) is 4.02. The smallest absolute Gasteiger partial charge is 0.0723 e. The summed E-state index contributed by atoms with van der Waals surface area (Å²) in [5, 5.41) is 3.26. The number of hydrogen-bond donors (Lipinski definition) is 1.